The maximum atomic E-state index is 12.0. The van der Waals surface area contributed by atoms with E-state index in [1.54, 1.807) is 21.1 Å². The molecule has 0 spiro atoms. The van der Waals surface area contributed by atoms with E-state index in [1.807, 2.05) is 23.6 Å². The van der Waals surface area contributed by atoms with E-state index in [0.717, 1.165) is 10.6 Å². The number of nitrogens with one attached hydrogen (secondary N) is 1. The van der Waals surface area contributed by atoms with Crippen molar-refractivity contribution < 1.29 is 24.2 Å². The van der Waals surface area contributed by atoms with Crippen LogP contribution in [-0.2, 0) is 16.0 Å². The van der Waals surface area contributed by atoms with Gasteiger partial charge in [0.1, 0.15) is 5.01 Å². The predicted octanol–water partition coefficient (Wildman–Crippen LogP) is 2.60. The summed E-state index contributed by atoms with van der Waals surface area (Å²) in [7, 11) is 3.15. The second kappa shape index (κ2) is 9.19. The number of carboxylic acids is 1. The first-order valence-electron chi connectivity index (χ1n) is 8.08. The first-order chi connectivity index (χ1) is 12.4. The van der Waals surface area contributed by atoms with Gasteiger partial charge in [0.2, 0.25) is 5.91 Å². The molecule has 1 heterocycles. The summed E-state index contributed by atoms with van der Waals surface area (Å²) in [5.74, 6) is 0.0984. The number of benzene rings is 1. The second-order valence-corrected chi connectivity index (χ2v) is 6.76. The smallest absolute Gasteiger partial charge is 0.303 e. The molecule has 1 aromatic heterocycles. The molecule has 7 nitrogen and oxygen atoms in total. The third kappa shape index (κ3) is 5.45. The first-order valence-corrected chi connectivity index (χ1v) is 8.96. The standard InChI is InChI=1S/C18H22N2O5S/c1-11(6-17(22)23)9-19-16(21)8-13-10-26-18(20-13)12-4-5-14(24-2)15(7-12)25-3/h4-5,7,10-11H,6,8-9H2,1-3H3,(H,19,21)(H,22,23). The average Bonchev–Trinajstić information content (AvgIpc) is 3.07. The quantitative estimate of drug-likeness (QED) is 0.696. The lowest BCUT2D eigenvalue weighted by molar-refractivity contribution is -0.138. The van der Waals surface area contributed by atoms with Crippen LogP contribution in [0.4, 0.5) is 0 Å². The molecule has 2 rings (SSSR count). The lowest BCUT2D eigenvalue weighted by Crippen LogP contribution is -2.30. The monoisotopic (exact) mass is 378 g/mol. The molecule has 0 saturated carbocycles. The number of nitrogens with zero attached hydrogens (tertiary/aromatic N) is 1. The minimum Gasteiger partial charge on any atom is -0.493 e. The fourth-order valence-electron chi connectivity index (χ4n) is 2.38. The Balaban J connectivity index is 1.97. The number of aliphatic carboxylic acids is 1. The van der Waals surface area contributed by atoms with Crippen LogP contribution in [0.25, 0.3) is 10.6 Å². The predicted molar refractivity (Wildman–Crippen MR) is 98.8 cm³/mol. The number of amides is 1. The van der Waals surface area contributed by atoms with Crippen LogP contribution in [0.15, 0.2) is 23.6 Å². The third-order valence-corrected chi connectivity index (χ3v) is 4.63. The van der Waals surface area contributed by atoms with Crippen LogP contribution in [0.5, 0.6) is 11.5 Å². The van der Waals surface area contributed by atoms with Crippen LogP contribution in [0.1, 0.15) is 19.0 Å². The van der Waals surface area contributed by atoms with Gasteiger partial charge < -0.3 is 19.9 Å². The number of ether oxygens (including phenoxy) is 2. The second-order valence-electron chi connectivity index (χ2n) is 5.90. The van der Waals surface area contributed by atoms with Crippen LogP contribution in [0.2, 0.25) is 0 Å². The number of carboxylic acid groups (broad SMARTS) is 1. The molecule has 0 fully saturated rings. The normalized spacial score (nSPS) is 11.7. The topological polar surface area (TPSA) is 97.8 Å². The zero-order valence-corrected chi connectivity index (χ0v) is 15.8. The highest BCUT2D eigenvalue weighted by Gasteiger charge is 2.13. The fourth-order valence-corrected chi connectivity index (χ4v) is 3.19. The van der Waals surface area contributed by atoms with Gasteiger partial charge in [-0.25, -0.2) is 4.98 Å². The van der Waals surface area contributed by atoms with Crippen LogP contribution >= 0.6 is 11.3 Å². The minimum absolute atomic E-state index is 0.0282. The maximum absolute atomic E-state index is 12.0. The number of methoxy groups -OCH3 is 2. The molecule has 0 aliphatic rings. The van der Waals surface area contributed by atoms with Crippen LogP contribution in [-0.4, -0.2) is 42.7 Å². The van der Waals surface area contributed by atoms with E-state index in [4.69, 9.17) is 14.6 Å². The molecule has 26 heavy (non-hydrogen) atoms. The summed E-state index contributed by atoms with van der Waals surface area (Å²) < 4.78 is 10.5. The molecule has 0 radical (unpaired) electrons. The van der Waals surface area contributed by atoms with Gasteiger partial charge in [-0.1, -0.05) is 6.92 Å². The Bertz CT molecular complexity index is 775. The molecule has 0 aliphatic carbocycles. The molecule has 8 heteroatoms. The number of aromatic nitrogens is 1. The summed E-state index contributed by atoms with van der Waals surface area (Å²) in [6, 6.07) is 5.54. The van der Waals surface area contributed by atoms with Gasteiger partial charge in [-0.3, -0.25) is 9.59 Å². The Morgan fingerprint density at radius 1 is 1.27 bits per heavy atom. The highest BCUT2D eigenvalue weighted by atomic mass is 32.1. The van der Waals surface area contributed by atoms with Crippen molar-refractivity contribution in [2.75, 3.05) is 20.8 Å². The zero-order valence-electron chi connectivity index (χ0n) is 14.9. The van der Waals surface area contributed by atoms with Gasteiger partial charge in [0.25, 0.3) is 0 Å². The van der Waals surface area contributed by atoms with Gasteiger partial charge in [-0.15, -0.1) is 11.3 Å². The lowest BCUT2D eigenvalue weighted by Gasteiger charge is -2.09. The highest BCUT2D eigenvalue weighted by molar-refractivity contribution is 7.13. The Labute approximate surface area is 156 Å². The Morgan fingerprint density at radius 3 is 2.65 bits per heavy atom. The summed E-state index contributed by atoms with van der Waals surface area (Å²) >= 11 is 1.44. The van der Waals surface area contributed by atoms with Gasteiger partial charge in [0.05, 0.1) is 26.3 Å². The molecule has 140 valence electrons. The molecular weight excluding hydrogens is 356 g/mol. The summed E-state index contributed by atoms with van der Waals surface area (Å²) in [5.41, 5.74) is 1.55. The van der Waals surface area contributed by atoms with Crippen LogP contribution in [0, 0.1) is 5.92 Å². The summed E-state index contributed by atoms with van der Waals surface area (Å²) in [6.07, 6.45) is 0.185. The number of carbonyl (C=O) groups excluding carboxylic acids is 1. The average molecular weight is 378 g/mol. The van der Waals surface area contributed by atoms with E-state index >= 15 is 0 Å². The number of carbonyl (C=O) groups is 2. The van der Waals surface area contributed by atoms with Crippen molar-refractivity contribution in [3.63, 3.8) is 0 Å². The van der Waals surface area contributed by atoms with Crippen molar-refractivity contribution >= 4 is 23.2 Å². The molecule has 1 unspecified atom stereocenters. The molecule has 0 aliphatic heterocycles. The molecule has 0 bridgehead atoms. The summed E-state index contributed by atoms with van der Waals surface area (Å²) in [6.45, 7) is 2.12. The molecule has 2 aromatic rings. The van der Waals surface area contributed by atoms with Gasteiger partial charge >= 0.3 is 5.97 Å². The van der Waals surface area contributed by atoms with Gasteiger partial charge in [0, 0.05) is 23.9 Å². The van der Waals surface area contributed by atoms with Gasteiger partial charge in [0.15, 0.2) is 11.5 Å². The SMILES string of the molecule is COc1ccc(-c2nc(CC(=O)NCC(C)CC(=O)O)cs2)cc1OC. The maximum Gasteiger partial charge on any atom is 0.303 e. The van der Waals surface area contributed by atoms with E-state index in [2.05, 4.69) is 10.3 Å². The number of thiazole rings is 1. The van der Waals surface area contributed by atoms with E-state index in [0.29, 0.717) is 23.7 Å². The summed E-state index contributed by atoms with van der Waals surface area (Å²) in [4.78, 5) is 27.1. The largest absolute Gasteiger partial charge is 0.493 e. The minimum atomic E-state index is -0.870. The highest BCUT2D eigenvalue weighted by Crippen LogP contribution is 2.33. The Kier molecular flexibility index (Phi) is 6.97. The van der Waals surface area contributed by atoms with Crippen molar-refractivity contribution in [1.82, 2.24) is 10.3 Å². The number of hydrogen-bond acceptors (Lipinski definition) is 6. The molecule has 1 amide bonds. The van der Waals surface area contributed by atoms with E-state index in [-0.39, 0.29) is 24.7 Å². The fraction of sp³-hybridized carbons (Fsp3) is 0.389. The van der Waals surface area contributed by atoms with Crippen molar-refractivity contribution in [2.45, 2.75) is 19.8 Å². The van der Waals surface area contributed by atoms with Gasteiger partial charge in [-0.2, -0.15) is 0 Å². The Morgan fingerprint density at radius 2 is 2.00 bits per heavy atom. The van der Waals surface area contributed by atoms with E-state index in [1.165, 1.54) is 11.3 Å². The molecular formula is C18H22N2O5S. The molecule has 0 saturated heterocycles. The molecule has 1 atom stereocenters. The van der Waals surface area contributed by atoms with Crippen molar-refractivity contribution in [3.05, 3.63) is 29.3 Å². The van der Waals surface area contributed by atoms with Gasteiger partial charge in [-0.05, 0) is 24.1 Å². The lowest BCUT2D eigenvalue weighted by atomic mass is 10.1. The van der Waals surface area contributed by atoms with Crippen LogP contribution < -0.4 is 14.8 Å². The van der Waals surface area contributed by atoms with E-state index in [9.17, 15) is 9.59 Å². The number of hydrogen-bond donors (Lipinski definition) is 2. The van der Waals surface area contributed by atoms with Crippen LogP contribution in [0.3, 0.4) is 0 Å². The molecule has 2 N–H and O–H groups in total. The van der Waals surface area contributed by atoms with Crippen molar-refractivity contribution in [2.24, 2.45) is 5.92 Å². The van der Waals surface area contributed by atoms with E-state index < -0.39 is 5.97 Å². The zero-order chi connectivity index (χ0) is 19.1. The van der Waals surface area contributed by atoms with Crippen molar-refractivity contribution in [3.8, 4) is 22.1 Å². The Hall–Kier alpha value is -2.61. The van der Waals surface area contributed by atoms with Crippen molar-refractivity contribution in [1.29, 1.82) is 0 Å². The first kappa shape index (κ1) is 19.7. The molecule has 1 aromatic carbocycles. The third-order valence-electron chi connectivity index (χ3n) is 3.69. The summed E-state index contributed by atoms with van der Waals surface area (Å²) in [5, 5.41) is 14.1. The number of rotatable bonds is 9.